The van der Waals surface area contributed by atoms with E-state index in [2.05, 4.69) is 21.2 Å². The van der Waals surface area contributed by atoms with Crippen LogP contribution in [-0.2, 0) is 16.1 Å². The van der Waals surface area contributed by atoms with Crippen LogP contribution in [0.2, 0.25) is 10.0 Å². The lowest BCUT2D eigenvalue weighted by molar-refractivity contribution is -0.132. The van der Waals surface area contributed by atoms with E-state index in [1.54, 1.807) is 23.1 Å². The SMILES string of the molecule is CC(C)(C)OC(=O)N1CCC(N2CCC(NCc3ccc(Br)cc3Oc3cc(Cl)cc(Cl)c3)C2=O)CC1. The first-order chi connectivity index (χ1) is 17.5. The first kappa shape index (κ1) is 28.0. The van der Waals surface area contributed by atoms with E-state index in [0.717, 1.165) is 29.3 Å². The van der Waals surface area contributed by atoms with Gasteiger partial charge in [0.2, 0.25) is 5.91 Å². The van der Waals surface area contributed by atoms with E-state index in [4.69, 9.17) is 32.7 Å². The Balaban J connectivity index is 1.33. The summed E-state index contributed by atoms with van der Waals surface area (Å²) in [4.78, 5) is 29.3. The van der Waals surface area contributed by atoms with Crippen molar-refractivity contribution in [1.82, 2.24) is 15.1 Å². The number of nitrogens with zero attached hydrogens (tertiary/aromatic N) is 2. The van der Waals surface area contributed by atoms with Gasteiger partial charge < -0.3 is 24.6 Å². The molecule has 1 atom stereocenters. The minimum atomic E-state index is -0.515. The summed E-state index contributed by atoms with van der Waals surface area (Å²) in [6, 6.07) is 10.7. The summed E-state index contributed by atoms with van der Waals surface area (Å²) in [5.74, 6) is 1.30. The van der Waals surface area contributed by atoms with Crippen molar-refractivity contribution in [1.29, 1.82) is 0 Å². The molecule has 2 heterocycles. The zero-order valence-electron chi connectivity index (χ0n) is 21.2. The number of halogens is 3. The number of hydrogen-bond acceptors (Lipinski definition) is 5. The zero-order chi connectivity index (χ0) is 26.7. The second-order valence-electron chi connectivity index (χ2n) is 10.4. The first-order valence-corrected chi connectivity index (χ1v) is 14.0. The average molecular weight is 613 g/mol. The molecule has 200 valence electrons. The van der Waals surface area contributed by atoms with Crippen LogP contribution < -0.4 is 10.1 Å². The lowest BCUT2D eigenvalue weighted by Crippen LogP contribution is -2.49. The Morgan fingerprint density at radius 1 is 1.05 bits per heavy atom. The molecule has 1 N–H and O–H groups in total. The molecule has 2 amide bonds. The molecule has 0 saturated carbocycles. The van der Waals surface area contributed by atoms with Crippen molar-refractivity contribution >= 4 is 51.1 Å². The van der Waals surface area contributed by atoms with Crippen molar-refractivity contribution in [2.45, 2.75) is 64.3 Å². The minimum absolute atomic E-state index is 0.108. The number of rotatable bonds is 6. The molecule has 2 aromatic carbocycles. The van der Waals surface area contributed by atoms with Gasteiger partial charge in [0.1, 0.15) is 17.1 Å². The number of nitrogens with one attached hydrogen (secondary N) is 1. The topological polar surface area (TPSA) is 71.1 Å². The Bertz CT molecular complexity index is 1130. The van der Waals surface area contributed by atoms with E-state index < -0.39 is 5.60 Å². The highest BCUT2D eigenvalue weighted by atomic mass is 79.9. The Labute approximate surface area is 236 Å². The van der Waals surface area contributed by atoms with Gasteiger partial charge in [0.15, 0.2) is 0 Å². The molecule has 4 rings (SSSR count). The third-order valence-corrected chi connectivity index (χ3v) is 7.36. The van der Waals surface area contributed by atoms with Crippen LogP contribution in [0.3, 0.4) is 0 Å². The number of amides is 2. The Hall–Kier alpha value is -2.00. The number of hydrogen-bond donors (Lipinski definition) is 1. The largest absolute Gasteiger partial charge is 0.457 e. The molecule has 10 heteroatoms. The molecule has 1 unspecified atom stereocenters. The molecule has 2 aliphatic heterocycles. The van der Waals surface area contributed by atoms with Crippen molar-refractivity contribution in [3.63, 3.8) is 0 Å². The summed E-state index contributed by atoms with van der Waals surface area (Å²) in [6.45, 7) is 7.96. The second kappa shape index (κ2) is 11.8. The predicted molar refractivity (Wildman–Crippen MR) is 148 cm³/mol. The molecular weight excluding hydrogens is 581 g/mol. The van der Waals surface area contributed by atoms with Gasteiger partial charge in [-0.15, -0.1) is 0 Å². The molecule has 2 saturated heterocycles. The van der Waals surface area contributed by atoms with Crippen molar-refractivity contribution in [2.24, 2.45) is 0 Å². The van der Waals surface area contributed by atoms with Crippen molar-refractivity contribution in [3.8, 4) is 11.5 Å². The molecule has 2 aromatic rings. The van der Waals surface area contributed by atoms with Gasteiger partial charge >= 0.3 is 6.09 Å². The van der Waals surface area contributed by atoms with Crippen LogP contribution in [0.15, 0.2) is 40.9 Å². The molecule has 7 nitrogen and oxygen atoms in total. The highest BCUT2D eigenvalue weighted by Crippen LogP contribution is 2.32. The van der Waals surface area contributed by atoms with Gasteiger partial charge in [-0.3, -0.25) is 4.79 Å². The zero-order valence-corrected chi connectivity index (χ0v) is 24.3. The van der Waals surface area contributed by atoms with Crippen LogP contribution in [0.4, 0.5) is 4.79 Å². The van der Waals surface area contributed by atoms with Gasteiger partial charge in [-0.1, -0.05) is 45.2 Å². The molecule has 0 aromatic heterocycles. The van der Waals surface area contributed by atoms with E-state index in [9.17, 15) is 9.59 Å². The molecule has 2 aliphatic rings. The summed E-state index contributed by atoms with van der Waals surface area (Å²) in [7, 11) is 0. The van der Waals surface area contributed by atoms with E-state index in [1.165, 1.54) is 0 Å². The highest BCUT2D eigenvalue weighted by molar-refractivity contribution is 9.10. The number of piperidine rings is 1. The summed E-state index contributed by atoms with van der Waals surface area (Å²) in [6.07, 6.45) is 1.96. The maximum absolute atomic E-state index is 13.2. The normalized spacial score (nSPS) is 18.9. The highest BCUT2D eigenvalue weighted by Gasteiger charge is 2.38. The van der Waals surface area contributed by atoms with Crippen LogP contribution in [0.1, 0.15) is 45.6 Å². The standard InChI is InChI=1S/C27H32BrCl2N3O4/c1-27(2,3)37-26(35)32-9-6-21(7-10-32)33-11-8-23(25(33)34)31-16-17-4-5-18(28)12-24(17)36-22-14-19(29)13-20(30)15-22/h4-5,12-15,21,23,31H,6-11,16H2,1-3H3. The number of carbonyl (C=O) groups excluding carboxylic acids is 2. The van der Waals surface area contributed by atoms with E-state index in [-0.39, 0.29) is 24.1 Å². The van der Waals surface area contributed by atoms with E-state index >= 15 is 0 Å². The first-order valence-electron chi connectivity index (χ1n) is 12.4. The second-order valence-corrected chi connectivity index (χ2v) is 12.2. The van der Waals surface area contributed by atoms with Gasteiger partial charge in [-0.25, -0.2) is 4.79 Å². The monoisotopic (exact) mass is 611 g/mol. The van der Waals surface area contributed by atoms with Crippen LogP contribution in [0, 0.1) is 0 Å². The summed E-state index contributed by atoms with van der Waals surface area (Å²) in [5.41, 5.74) is 0.398. The summed E-state index contributed by atoms with van der Waals surface area (Å²) >= 11 is 15.7. The van der Waals surface area contributed by atoms with Gasteiger partial charge in [-0.05, 0) is 70.4 Å². The van der Waals surface area contributed by atoms with Crippen LogP contribution in [0.5, 0.6) is 11.5 Å². The van der Waals surface area contributed by atoms with Crippen molar-refractivity contribution in [3.05, 3.63) is 56.5 Å². The lowest BCUT2D eigenvalue weighted by atomic mass is 10.0. The van der Waals surface area contributed by atoms with E-state index in [0.29, 0.717) is 47.7 Å². The molecule has 0 radical (unpaired) electrons. The van der Waals surface area contributed by atoms with Gasteiger partial charge in [0.05, 0.1) is 6.04 Å². The molecule has 37 heavy (non-hydrogen) atoms. The Morgan fingerprint density at radius 3 is 2.38 bits per heavy atom. The molecular formula is C27H32BrCl2N3O4. The van der Waals surface area contributed by atoms with Crippen LogP contribution in [-0.4, -0.2) is 59.1 Å². The Kier molecular flexibility index (Phi) is 8.94. The van der Waals surface area contributed by atoms with Crippen molar-refractivity contribution < 1.29 is 19.1 Å². The number of benzene rings is 2. The lowest BCUT2D eigenvalue weighted by Gasteiger charge is -2.37. The van der Waals surface area contributed by atoms with E-state index in [1.807, 2.05) is 43.9 Å². The molecule has 0 bridgehead atoms. The fourth-order valence-corrected chi connectivity index (χ4v) is 5.50. The molecule has 0 spiro atoms. The minimum Gasteiger partial charge on any atom is -0.457 e. The third-order valence-electron chi connectivity index (χ3n) is 6.43. The van der Waals surface area contributed by atoms with Crippen LogP contribution in [0.25, 0.3) is 0 Å². The van der Waals surface area contributed by atoms with Gasteiger partial charge in [0, 0.05) is 52.3 Å². The summed E-state index contributed by atoms with van der Waals surface area (Å²) in [5, 5.41) is 4.40. The van der Waals surface area contributed by atoms with Gasteiger partial charge in [0.25, 0.3) is 0 Å². The molecule has 0 aliphatic carbocycles. The molecule has 2 fully saturated rings. The maximum atomic E-state index is 13.2. The number of likely N-dealkylation sites (tertiary alicyclic amines) is 2. The van der Waals surface area contributed by atoms with Crippen LogP contribution >= 0.6 is 39.1 Å². The smallest absolute Gasteiger partial charge is 0.410 e. The predicted octanol–water partition coefficient (Wildman–Crippen LogP) is 6.64. The maximum Gasteiger partial charge on any atom is 0.410 e. The third kappa shape index (κ3) is 7.53. The number of ether oxygens (including phenoxy) is 2. The Morgan fingerprint density at radius 2 is 1.73 bits per heavy atom. The van der Waals surface area contributed by atoms with Gasteiger partial charge in [-0.2, -0.15) is 0 Å². The fourth-order valence-electron chi connectivity index (χ4n) is 4.66. The average Bonchev–Trinajstić information content (AvgIpc) is 3.17. The van der Waals surface area contributed by atoms with Crippen molar-refractivity contribution in [2.75, 3.05) is 19.6 Å². The fraction of sp³-hybridized carbons (Fsp3) is 0.481. The summed E-state index contributed by atoms with van der Waals surface area (Å²) < 4.78 is 12.5. The number of carbonyl (C=O) groups is 2. The quantitative estimate of drug-likeness (QED) is 0.396.